The van der Waals surface area contributed by atoms with Gasteiger partial charge in [-0.1, -0.05) is 24.3 Å². The van der Waals surface area contributed by atoms with E-state index in [1.165, 1.54) is 36.4 Å². The summed E-state index contributed by atoms with van der Waals surface area (Å²) in [6, 6.07) is 9.40. The van der Waals surface area contributed by atoms with Crippen LogP contribution in [0.3, 0.4) is 0 Å². The lowest BCUT2D eigenvalue weighted by Crippen LogP contribution is -2.22. The van der Waals surface area contributed by atoms with Gasteiger partial charge in [0.15, 0.2) is 0 Å². The number of carboxylic acids is 2. The fourth-order valence-corrected chi connectivity index (χ4v) is 1.49. The minimum Gasteiger partial charge on any atom is -0.545 e. The van der Waals surface area contributed by atoms with Crippen molar-refractivity contribution < 1.29 is 29.6 Å². The molecule has 0 amide bonds. The van der Waals surface area contributed by atoms with Gasteiger partial charge in [0.05, 0.1) is 21.8 Å². The molecule has 0 aromatic heterocycles. The summed E-state index contributed by atoms with van der Waals surface area (Å²) in [5.41, 5.74) is -0.887. The van der Waals surface area contributed by atoms with Crippen LogP contribution in [0.15, 0.2) is 48.5 Å². The fraction of sp³-hybridized carbons (Fsp3) is 0. The molecule has 26 heavy (non-hydrogen) atoms. The van der Waals surface area contributed by atoms with Gasteiger partial charge in [0.1, 0.15) is 0 Å². The molecule has 12 nitrogen and oxygen atoms in total. The van der Waals surface area contributed by atoms with Gasteiger partial charge >= 0.3 is 0 Å². The van der Waals surface area contributed by atoms with Crippen molar-refractivity contribution >= 4 is 23.3 Å². The zero-order valence-corrected chi connectivity index (χ0v) is 13.8. The molecule has 0 heterocycles. The highest BCUT2D eigenvalue weighted by atomic mass is 16.6. The first-order chi connectivity index (χ1) is 11.2. The van der Waals surface area contributed by atoms with E-state index in [1.54, 1.807) is 0 Å². The average Bonchev–Trinajstić information content (AvgIpc) is 2.55. The van der Waals surface area contributed by atoms with Crippen LogP contribution in [0.2, 0.25) is 0 Å². The molecular weight excluding hydrogens is 352 g/mol. The fourth-order valence-electron chi connectivity index (χ4n) is 1.49. The smallest absolute Gasteiger partial charge is 0.270 e. The Morgan fingerprint density at radius 3 is 1.23 bits per heavy atom. The highest BCUT2D eigenvalue weighted by molar-refractivity contribution is 5.86. The van der Waals surface area contributed by atoms with Gasteiger partial charge in [0.25, 0.3) is 11.4 Å². The highest BCUT2D eigenvalue weighted by Crippen LogP contribution is 2.12. The second-order valence-electron chi connectivity index (χ2n) is 4.19. The van der Waals surface area contributed by atoms with Crippen molar-refractivity contribution in [3.8, 4) is 0 Å². The molecule has 0 saturated heterocycles. The molecule has 0 aliphatic carbocycles. The largest absolute Gasteiger partial charge is 0.545 e. The van der Waals surface area contributed by atoms with E-state index in [1.807, 2.05) is 0 Å². The van der Waals surface area contributed by atoms with E-state index in [0.29, 0.717) is 0 Å². The van der Waals surface area contributed by atoms with Crippen molar-refractivity contribution in [2.75, 3.05) is 0 Å². The number of non-ortho nitro benzene ring substituents is 2. The van der Waals surface area contributed by atoms with Crippen molar-refractivity contribution in [3.63, 3.8) is 0 Å². The van der Waals surface area contributed by atoms with Crippen LogP contribution < -0.4 is 22.5 Å². The maximum atomic E-state index is 10.2. The van der Waals surface area contributed by atoms with E-state index in [4.69, 9.17) is 0 Å². The lowest BCUT2D eigenvalue weighted by atomic mass is 10.2. The molecule has 0 aliphatic heterocycles. The molecule has 2 rings (SSSR count). The second kappa shape index (κ2) is 10.8. The summed E-state index contributed by atoms with van der Waals surface area (Å²) >= 11 is 0. The van der Waals surface area contributed by atoms with Crippen LogP contribution in [-0.4, -0.2) is 21.8 Å². The number of nitro groups is 2. The zero-order valence-electron chi connectivity index (χ0n) is 13.8. The number of hydrogen-bond acceptors (Lipinski definition) is 8. The van der Waals surface area contributed by atoms with Gasteiger partial charge in [-0.15, -0.1) is 0 Å². The van der Waals surface area contributed by atoms with Crippen molar-refractivity contribution in [2.24, 2.45) is 0 Å². The number of nitro benzene ring substituents is 2. The van der Waals surface area contributed by atoms with Crippen LogP contribution in [-0.2, 0) is 0 Å². The molecule has 0 unspecified atom stereocenters. The lowest BCUT2D eigenvalue weighted by Gasteiger charge is -1.99. The standard InChI is InChI=1S/2C7H5NO4.2H3N/c2*9-7(10)5-2-1-3-6(4-5)8(11)12;;/h2*1-4H,(H,9,10);2*1H3. The summed E-state index contributed by atoms with van der Waals surface area (Å²) in [4.78, 5) is 39.5. The minimum absolute atomic E-state index is 0. The van der Waals surface area contributed by atoms with Crippen molar-refractivity contribution in [2.45, 2.75) is 0 Å². The molecule has 0 aliphatic rings. The topological polar surface area (TPSA) is 240 Å². The third-order valence-corrected chi connectivity index (χ3v) is 2.59. The van der Waals surface area contributed by atoms with Gasteiger partial charge in [-0.05, 0) is 0 Å². The van der Waals surface area contributed by atoms with Crippen LogP contribution in [0.1, 0.15) is 20.7 Å². The van der Waals surface area contributed by atoms with Gasteiger partial charge in [-0.25, -0.2) is 0 Å². The van der Waals surface area contributed by atoms with E-state index in [9.17, 15) is 40.0 Å². The number of aromatic carboxylic acids is 2. The Kier molecular flexibility index (Phi) is 10.1. The van der Waals surface area contributed by atoms with Crippen LogP contribution in [0.25, 0.3) is 0 Å². The number of carboxylic acid groups (broad SMARTS) is 2. The first kappa shape index (κ1) is 24.4. The number of carbonyl (C=O) groups is 2. The molecule has 8 N–H and O–H groups in total. The summed E-state index contributed by atoms with van der Waals surface area (Å²) in [6.45, 7) is 0. The Balaban J connectivity index is 0. The second-order valence-corrected chi connectivity index (χ2v) is 4.19. The van der Waals surface area contributed by atoms with E-state index < -0.39 is 21.8 Å². The average molecular weight is 368 g/mol. The number of benzene rings is 2. The number of carbonyl (C=O) groups excluding carboxylic acids is 2. The minimum atomic E-state index is -1.42. The third-order valence-electron chi connectivity index (χ3n) is 2.59. The van der Waals surface area contributed by atoms with Crippen LogP contribution in [0.4, 0.5) is 11.4 Å². The predicted octanol–water partition coefficient (Wildman–Crippen LogP) is 0.669. The van der Waals surface area contributed by atoms with Crippen molar-refractivity contribution in [1.82, 2.24) is 12.3 Å². The molecule has 140 valence electrons. The van der Waals surface area contributed by atoms with E-state index >= 15 is 0 Å². The summed E-state index contributed by atoms with van der Waals surface area (Å²) in [7, 11) is 0. The summed E-state index contributed by atoms with van der Waals surface area (Å²) in [5.74, 6) is -2.84. The molecule has 0 radical (unpaired) electrons. The first-order valence-corrected chi connectivity index (χ1v) is 6.14. The van der Waals surface area contributed by atoms with Gasteiger partial charge in [0, 0.05) is 35.4 Å². The quantitative estimate of drug-likeness (QED) is 0.572. The predicted molar refractivity (Wildman–Crippen MR) is 86.8 cm³/mol. The Morgan fingerprint density at radius 1 is 0.692 bits per heavy atom. The normalized spacial score (nSPS) is 8.62. The number of quaternary nitrogens is 2. The maximum Gasteiger partial charge on any atom is 0.270 e. The molecule has 0 spiro atoms. The van der Waals surface area contributed by atoms with E-state index in [2.05, 4.69) is 0 Å². The molecule has 0 atom stereocenters. The first-order valence-electron chi connectivity index (χ1n) is 6.14. The number of rotatable bonds is 4. The van der Waals surface area contributed by atoms with E-state index in [0.717, 1.165) is 12.1 Å². The Bertz CT molecular complexity index is 683. The summed E-state index contributed by atoms with van der Waals surface area (Å²) in [6.07, 6.45) is 0. The van der Waals surface area contributed by atoms with Crippen LogP contribution in [0, 0.1) is 20.2 Å². The Labute approximate surface area is 146 Å². The molecule has 2 aromatic carbocycles. The lowest BCUT2D eigenvalue weighted by molar-refractivity contribution is -0.385. The van der Waals surface area contributed by atoms with Crippen LogP contribution in [0.5, 0.6) is 0 Å². The maximum absolute atomic E-state index is 10.2. The van der Waals surface area contributed by atoms with Gasteiger partial charge in [0.2, 0.25) is 0 Å². The number of hydrogen-bond donors (Lipinski definition) is 2. The number of nitrogens with zero attached hydrogens (tertiary/aromatic N) is 2. The third kappa shape index (κ3) is 7.12. The monoisotopic (exact) mass is 368 g/mol. The Morgan fingerprint density at radius 2 is 1.00 bits per heavy atom. The van der Waals surface area contributed by atoms with E-state index in [-0.39, 0.29) is 34.8 Å². The van der Waals surface area contributed by atoms with Gasteiger partial charge in [-0.2, -0.15) is 0 Å². The van der Waals surface area contributed by atoms with Gasteiger partial charge in [-0.3, -0.25) is 20.2 Å². The summed E-state index contributed by atoms with van der Waals surface area (Å²) < 4.78 is 0. The molecule has 2 aromatic rings. The summed E-state index contributed by atoms with van der Waals surface area (Å²) in [5, 5.41) is 40.8. The van der Waals surface area contributed by atoms with Crippen molar-refractivity contribution in [1.29, 1.82) is 0 Å². The zero-order chi connectivity index (χ0) is 18.3. The highest BCUT2D eigenvalue weighted by Gasteiger charge is 2.05. The van der Waals surface area contributed by atoms with Crippen molar-refractivity contribution in [3.05, 3.63) is 79.9 Å². The Hall–Kier alpha value is -3.90. The van der Waals surface area contributed by atoms with Crippen LogP contribution >= 0.6 is 0 Å². The molecule has 0 bridgehead atoms. The molecule has 12 heteroatoms. The SMILES string of the molecule is O=C([O-])c1cccc([N+](=O)[O-])c1.O=C([O-])c1cccc([N+](=O)[O-])c1.[NH4+].[NH4+]. The molecule has 0 saturated carbocycles. The molecular formula is C14H16N4O8. The molecule has 0 fully saturated rings. The van der Waals surface area contributed by atoms with Gasteiger partial charge < -0.3 is 32.1 Å².